The highest BCUT2D eigenvalue weighted by Crippen LogP contribution is 2.38. The summed E-state index contributed by atoms with van der Waals surface area (Å²) in [5.74, 6) is 1.23. The molecule has 3 atom stereocenters. The largest absolute Gasteiger partial charge is 0.345 e. The van der Waals surface area contributed by atoms with Crippen molar-refractivity contribution in [2.45, 2.75) is 31.2 Å². The molecule has 1 aliphatic rings. The molecule has 2 aromatic rings. The van der Waals surface area contributed by atoms with Gasteiger partial charge >= 0.3 is 0 Å². The topological polar surface area (TPSA) is 88.3 Å². The van der Waals surface area contributed by atoms with Crippen molar-refractivity contribution in [1.82, 2.24) is 20.4 Å². The molecule has 0 unspecified atom stereocenters. The van der Waals surface area contributed by atoms with Gasteiger partial charge in [-0.15, -0.1) is 0 Å². The maximum absolute atomic E-state index is 13.1. The third-order valence-corrected chi connectivity index (χ3v) is 5.50. The molecule has 27 heavy (non-hydrogen) atoms. The van der Waals surface area contributed by atoms with E-state index >= 15 is 0 Å². The third kappa shape index (κ3) is 4.68. The van der Waals surface area contributed by atoms with Crippen molar-refractivity contribution in [2.24, 2.45) is 0 Å². The summed E-state index contributed by atoms with van der Waals surface area (Å²) in [7, 11) is 0. The van der Waals surface area contributed by atoms with Crippen molar-refractivity contribution < 1.29 is 14.1 Å². The molecule has 7 nitrogen and oxygen atoms in total. The van der Waals surface area contributed by atoms with E-state index in [1.807, 2.05) is 29.4 Å². The van der Waals surface area contributed by atoms with E-state index in [-0.39, 0.29) is 23.7 Å². The highest BCUT2D eigenvalue weighted by Gasteiger charge is 2.41. The zero-order valence-electron chi connectivity index (χ0n) is 15.5. The second kappa shape index (κ2) is 9.03. The summed E-state index contributed by atoms with van der Waals surface area (Å²) in [6.07, 6.45) is 3.92. The van der Waals surface area contributed by atoms with Crippen LogP contribution >= 0.6 is 11.8 Å². The molecule has 1 aliphatic heterocycles. The number of nitrogens with zero attached hydrogens (tertiary/aromatic N) is 3. The molecule has 1 aromatic heterocycles. The van der Waals surface area contributed by atoms with Gasteiger partial charge in [-0.2, -0.15) is 16.7 Å². The number of hydrogen-bond donors (Lipinski definition) is 1. The molecule has 0 radical (unpaired) electrons. The maximum atomic E-state index is 13.1. The average molecular weight is 388 g/mol. The summed E-state index contributed by atoms with van der Waals surface area (Å²) < 4.78 is 4.94. The number of benzene rings is 1. The SMILES string of the molecule is CSCC[C@H](NC(C)=O)C(=O)N1C[C@H](c2ccccc2)[C@@H](c2ncon2)C1. The van der Waals surface area contributed by atoms with E-state index in [9.17, 15) is 9.59 Å². The molecular formula is C19H24N4O3S. The molecule has 8 heteroatoms. The lowest BCUT2D eigenvalue weighted by atomic mass is 9.88. The number of likely N-dealkylation sites (tertiary alicyclic amines) is 1. The van der Waals surface area contributed by atoms with E-state index in [2.05, 4.69) is 27.6 Å². The van der Waals surface area contributed by atoms with Gasteiger partial charge in [0.2, 0.25) is 18.2 Å². The Morgan fingerprint density at radius 3 is 2.67 bits per heavy atom. The molecule has 1 N–H and O–H groups in total. The number of rotatable bonds is 7. The highest BCUT2D eigenvalue weighted by atomic mass is 32.2. The number of carbonyl (C=O) groups excluding carboxylic acids is 2. The molecule has 0 bridgehead atoms. The van der Waals surface area contributed by atoms with E-state index in [4.69, 9.17) is 4.52 Å². The molecule has 1 saturated heterocycles. The van der Waals surface area contributed by atoms with Crippen molar-refractivity contribution in [3.63, 3.8) is 0 Å². The first kappa shape index (κ1) is 19.4. The van der Waals surface area contributed by atoms with E-state index in [0.717, 1.165) is 11.3 Å². The van der Waals surface area contributed by atoms with Crippen LogP contribution in [0.2, 0.25) is 0 Å². The number of nitrogens with one attached hydrogen (secondary N) is 1. The smallest absolute Gasteiger partial charge is 0.245 e. The number of hydrogen-bond acceptors (Lipinski definition) is 6. The lowest BCUT2D eigenvalue weighted by Crippen LogP contribution is -2.47. The average Bonchev–Trinajstić information content (AvgIpc) is 3.34. The summed E-state index contributed by atoms with van der Waals surface area (Å²) in [6, 6.07) is 9.57. The molecule has 3 rings (SSSR count). The van der Waals surface area contributed by atoms with Gasteiger partial charge in [-0.05, 0) is 24.0 Å². The zero-order chi connectivity index (χ0) is 19.2. The van der Waals surface area contributed by atoms with Crippen LogP contribution in [0.5, 0.6) is 0 Å². The van der Waals surface area contributed by atoms with Gasteiger partial charge in [-0.3, -0.25) is 9.59 Å². The van der Waals surface area contributed by atoms with Crippen molar-refractivity contribution >= 4 is 23.6 Å². The molecule has 2 heterocycles. The van der Waals surface area contributed by atoms with Gasteiger partial charge in [-0.25, -0.2) is 0 Å². The summed E-state index contributed by atoms with van der Waals surface area (Å²) in [5.41, 5.74) is 1.14. The summed E-state index contributed by atoms with van der Waals surface area (Å²) in [6.45, 7) is 2.52. The van der Waals surface area contributed by atoms with Crippen molar-refractivity contribution in [3.8, 4) is 0 Å². The van der Waals surface area contributed by atoms with Crippen molar-refractivity contribution in [3.05, 3.63) is 48.1 Å². The quantitative estimate of drug-likeness (QED) is 0.781. The fourth-order valence-electron chi connectivity index (χ4n) is 3.58. The Hall–Kier alpha value is -2.35. The normalized spacial score (nSPS) is 20.4. The molecule has 0 saturated carbocycles. The molecule has 1 fully saturated rings. The van der Waals surface area contributed by atoms with Gasteiger partial charge in [0.05, 0.1) is 0 Å². The van der Waals surface area contributed by atoms with Crippen LogP contribution < -0.4 is 5.32 Å². The van der Waals surface area contributed by atoms with Crippen LogP contribution in [0.1, 0.15) is 36.6 Å². The standard InChI is InChI=1S/C19H24N4O3S/c1-13(24)21-17(8-9-27-2)19(25)23-10-15(14-6-4-3-5-7-14)16(11-23)18-20-12-26-22-18/h3-7,12,15-17H,8-11H2,1-2H3,(H,21,24)/t15-,16+,17+/m1/s1. The van der Waals surface area contributed by atoms with Gasteiger partial charge in [-0.1, -0.05) is 35.5 Å². The van der Waals surface area contributed by atoms with E-state index in [1.165, 1.54) is 13.3 Å². The minimum atomic E-state index is -0.504. The van der Waals surface area contributed by atoms with Gasteiger partial charge in [0.15, 0.2) is 5.82 Å². The van der Waals surface area contributed by atoms with Gasteiger partial charge < -0.3 is 14.7 Å². The molecule has 144 valence electrons. The number of carbonyl (C=O) groups is 2. The highest BCUT2D eigenvalue weighted by molar-refractivity contribution is 7.98. The summed E-state index contributed by atoms with van der Waals surface area (Å²) in [4.78, 5) is 30.7. The molecule has 2 amide bonds. The Balaban J connectivity index is 1.81. The Labute approximate surface area is 162 Å². The van der Waals surface area contributed by atoms with Crippen LogP contribution in [0.4, 0.5) is 0 Å². The van der Waals surface area contributed by atoms with Crippen molar-refractivity contribution in [2.75, 3.05) is 25.1 Å². The molecule has 1 aromatic carbocycles. The Kier molecular flexibility index (Phi) is 6.49. The first-order valence-electron chi connectivity index (χ1n) is 8.96. The number of thioether (sulfide) groups is 1. The number of amides is 2. The Morgan fingerprint density at radius 2 is 2.04 bits per heavy atom. The van der Waals surface area contributed by atoms with E-state index in [0.29, 0.717) is 25.3 Å². The number of aromatic nitrogens is 2. The minimum absolute atomic E-state index is 0.0337. The fraction of sp³-hybridized carbons (Fsp3) is 0.474. The van der Waals surface area contributed by atoms with Gasteiger partial charge in [0, 0.05) is 31.8 Å². The lowest BCUT2D eigenvalue weighted by Gasteiger charge is -2.24. The second-order valence-corrected chi connectivity index (χ2v) is 7.68. The van der Waals surface area contributed by atoms with Crippen molar-refractivity contribution in [1.29, 1.82) is 0 Å². The predicted octanol–water partition coefficient (Wildman–Crippen LogP) is 2.04. The molecule has 0 spiro atoms. The predicted molar refractivity (Wildman–Crippen MR) is 103 cm³/mol. The van der Waals surface area contributed by atoms with E-state index < -0.39 is 6.04 Å². The van der Waals surface area contributed by atoms with Gasteiger partial charge in [0.1, 0.15) is 6.04 Å². The van der Waals surface area contributed by atoms with Gasteiger partial charge in [0.25, 0.3) is 0 Å². The van der Waals surface area contributed by atoms with Crippen LogP contribution in [-0.4, -0.2) is 58.0 Å². The first-order valence-corrected chi connectivity index (χ1v) is 10.4. The first-order chi connectivity index (χ1) is 13.1. The summed E-state index contributed by atoms with van der Waals surface area (Å²) >= 11 is 1.66. The Bertz CT molecular complexity index is 754. The maximum Gasteiger partial charge on any atom is 0.245 e. The third-order valence-electron chi connectivity index (χ3n) is 4.86. The van der Waals surface area contributed by atoms with Crippen LogP contribution in [0.25, 0.3) is 0 Å². The van der Waals surface area contributed by atoms with E-state index in [1.54, 1.807) is 11.8 Å². The molecular weight excluding hydrogens is 364 g/mol. The second-order valence-electron chi connectivity index (χ2n) is 6.69. The van der Waals surface area contributed by atoms with Crippen LogP contribution in [0.15, 0.2) is 41.2 Å². The fourth-order valence-corrected chi connectivity index (χ4v) is 4.06. The van der Waals surface area contributed by atoms with Crippen LogP contribution in [-0.2, 0) is 9.59 Å². The summed E-state index contributed by atoms with van der Waals surface area (Å²) in [5, 5.41) is 6.82. The van der Waals surface area contributed by atoms with Crippen LogP contribution in [0, 0.1) is 0 Å². The minimum Gasteiger partial charge on any atom is -0.345 e. The Morgan fingerprint density at radius 1 is 1.30 bits per heavy atom. The monoisotopic (exact) mass is 388 g/mol. The van der Waals surface area contributed by atoms with Crippen LogP contribution in [0.3, 0.4) is 0 Å². The molecule has 0 aliphatic carbocycles. The lowest BCUT2D eigenvalue weighted by molar-refractivity contribution is -0.135. The zero-order valence-corrected chi connectivity index (χ0v) is 16.3.